The number of carbonyl (C=O) groups is 2. The number of aryl methyl sites for hydroxylation is 1. The fraction of sp³-hybridized carbons (Fsp3) is 0.350. The van der Waals surface area contributed by atoms with E-state index in [1.807, 2.05) is 0 Å². The fourth-order valence-corrected chi connectivity index (χ4v) is 4.88. The van der Waals surface area contributed by atoms with Gasteiger partial charge in [0.25, 0.3) is 5.56 Å². The van der Waals surface area contributed by atoms with Crippen LogP contribution < -0.4 is 10.9 Å². The Bertz CT molecular complexity index is 1130. The molecule has 0 unspecified atom stereocenters. The van der Waals surface area contributed by atoms with E-state index in [0.717, 1.165) is 29.5 Å². The molecule has 0 spiro atoms. The van der Waals surface area contributed by atoms with Gasteiger partial charge in [0, 0.05) is 23.1 Å². The van der Waals surface area contributed by atoms with E-state index in [1.54, 1.807) is 35.6 Å². The van der Waals surface area contributed by atoms with E-state index >= 15 is 0 Å². The smallest absolute Gasteiger partial charge is 0.279 e. The Labute approximate surface area is 165 Å². The average molecular weight is 396 g/mol. The van der Waals surface area contributed by atoms with Crippen LogP contribution in [0, 0.1) is 5.92 Å². The second-order valence-corrected chi connectivity index (χ2v) is 8.35. The molecule has 4 rings (SSSR count). The number of hydrogen-bond acceptors (Lipinski definition) is 6. The molecule has 2 aromatic heterocycles. The van der Waals surface area contributed by atoms with E-state index in [9.17, 15) is 14.4 Å². The number of aromatic nitrogens is 3. The van der Waals surface area contributed by atoms with E-state index in [-0.39, 0.29) is 23.8 Å². The van der Waals surface area contributed by atoms with Crippen molar-refractivity contribution in [2.45, 2.75) is 39.7 Å². The number of carbonyl (C=O) groups excluding carboxylic acids is 2. The lowest BCUT2D eigenvalue weighted by molar-refractivity contribution is -0.114. The lowest BCUT2D eigenvalue weighted by Gasteiger charge is -2.17. The Hall–Kier alpha value is -2.87. The van der Waals surface area contributed by atoms with Gasteiger partial charge in [-0.15, -0.1) is 16.4 Å². The summed E-state index contributed by atoms with van der Waals surface area (Å²) in [7, 11) is 0. The minimum absolute atomic E-state index is 0.164. The van der Waals surface area contributed by atoms with E-state index in [1.165, 1.54) is 11.8 Å². The molecule has 0 radical (unpaired) electrons. The normalized spacial score (nSPS) is 16.0. The van der Waals surface area contributed by atoms with Crippen LogP contribution >= 0.6 is 11.3 Å². The highest BCUT2D eigenvalue weighted by Gasteiger charge is 2.24. The Morgan fingerprint density at radius 1 is 1.29 bits per heavy atom. The number of amides is 1. The molecule has 0 aliphatic heterocycles. The molecule has 7 nitrogen and oxygen atoms in total. The summed E-state index contributed by atoms with van der Waals surface area (Å²) in [4.78, 5) is 38.5. The van der Waals surface area contributed by atoms with Gasteiger partial charge in [-0.25, -0.2) is 4.68 Å². The lowest BCUT2D eigenvalue weighted by Crippen LogP contribution is -2.28. The first-order chi connectivity index (χ1) is 13.4. The van der Waals surface area contributed by atoms with Crippen LogP contribution in [-0.4, -0.2) is 26.7 Å². The molecule has 8 heteroatoms. The van der Waals surface area contributed by atoms with E-state index < -0.39 is 0 Å². The summed E-state index contributed by atoms with van der Waals surface area (Å²) in [5.41, 5.74) is 1.89. The summed E-state index contributed by atoms with van der Waals surface area (Å²) in [6, 6.07) is 6.56. The van der Waals surface area contributed by atoms with E-state index in [2.05, 4.69) is 22.6 Å². The highest BCUT2D eigenvalue weighted by atomic mass is 32.1. The summed E-state index contributed by atoms with van der Waals surface area (Å²) < 4.78 is 1.15. The fourth-order valence-electron chi connectivity index (χ4n) is 3.57. The monoisotopic (exact) mass is 396 g/mol. The van der Waals surface area contributed by atoms with E-state index in [4.69, 9.17) is 0 Å². The van der Waals surface area contributed by atoms with Crippen LogP contribution in [0.3, 0.4) is 0 Å². The van der Waals surface area contributed by atoms with Gasteiger partial charge in [0.15, 0.2) is 10.6 Å². The maximum absolute atomic E-state index is 13.0. The molecule has 0 bridgehead atoms. The number of hydrogen-bond donors (Lipinski definition) is 1. The molecule has 1 aromatic carbocycles. The van der Waals surface area contributed by atoms with Gasteiger partial charge >= 0.3 is 0 Å². The molecular weight excluding hydrogens is 376 g/mol. The predicted octanol–water partition coefficient (Wildman–Crippen LogP) is 2.82. The summed E-state index contributed by atoms with van der Waals surface area (Å²) in [6.45, 7) is 3.47. The molecule has 1 aliphatic carbocycles. The third-order valence-corrected chi connectivity index (χ3v) is 6.14. The topological polar surface area (TPSA) is 93.9 Å². The third-order valence-electron chi connectivity index (χ3n) is 5.01. The number of nitrogens with zero attached hydrogens (tertiary/aromatic N) is 3. The maximum Gasteiger partial charge on any atom is 0.279 e. The SMILES string of the molecule is CC(=O)Nc1ccc(C(=O)Cn2nnc3sc4c(c3c2=O)CC[C@@H](C)C4)cc1. The van der Waals surface area contributed by atoms with Crippen molar-refractivity contribution in [1.29, 1.82) is 0 Å². The van der Waals surface area contributed by atoms with Gasteiger partial charge in [0.05, 0.1) is 5.39 Å². The van der Waals surface area contributed by atoms with Gasteiger partial charge in [-0.1, -0.05) is 12.1 Å². The molecular formula is C20H20N4O3S. The van der Waals surface area contributed by atoms with Gasteiger partial charge in [0.2, 0.25) is 5.91 Å². The van der Waals surface area contributed by atoms with Gasteiger partial charge in [-0.3, -0.25) is 14.4 Å². The second kappa shape index (κ2) is 7.27. The van der Waals surface area contributed by atoms with Gasteiger partial charge < -0.3 is 5.32 Å². The Kier molecular flexibility index (Phi) is 4.80. The average Bonchev–Trinajstić information content (AvgIpc) is 3.02. The molecule has 1 aliphatic rings. The van der Waals surface area contributed by atoms with Crippen molar-refractivity contribution in [3.05, 3.63) is 50.6 Å². The summed E-state index contributed by atoms with van der Waals surface area (Å²) >= 11 is 1.54. The zero-order valence-corrected chi connectivity index (χ0v) is 16.5. The predicted molar refractivity (Wildman–Crippen MR) is 108 cm³/mol. The number of rotatable bonds is 4. The molecule has 0 saturated carbocycles. The molecule has 1 N–H and O–H groups in total. The van der Waals surface area contributed by atoms with Crippen LogP contribution in [0.4, 0.5) is 5.69 Å². The van der Waals surface area contributed by atoms with Crippen molar-refractivity contribution in [2.75, 3.05) is 5.32 Å². The first-order valence-electron chi connectivity index (χ1n) is 9.21. The number of Topliss-reactive ketones (excluding diaryl/α,β-unsaturated/α-hetero) is 1. The van der Waals surface area contributed by atoms with E-state index in [0.29, 0.717) is 27.4 Å². The first-order valence-corrected chi connectivity index (χ1v) is 10.0. The number of thiophene rings is 1. The highest BCUT2D eigenvalue weighted by molar-refractivity contribution is 7.18. The third kappa shape index (κ3) is 3.47. The Balaban J connectivity index is 1.61. The van der Waals surface area contributed by atoms with Crippen LogP contribution in [0.5, 0.6) is 0 Å². The highest BCUT2D eigenvalue weighted by Crippen LogP contribution is 2.35. The number of anilines is 1. The van der Waals surface area contributed by atoms with Crippen LogP contribution in [0.25, 0.3) is 10.2 Å². The quantitative estimate of drug-likeness (QED) is 0.685. The van der Waals surface area contributed by atoms with Crippen molar-refractivity contribution in [1.82, 2.24) is 15.0 Å². The zero-order valence-electron chi connectivity index (χ0n) is 15.7. The first kappa shape index (κ1) is 18.5. The van der Waals surface area contributed by atoms with Gasteiger partial charge in [0.1, 0.15) is 6.54 Å². The molecule has 144 valence electrons. The summed E-state index contributed by atoms with van der Waals surface area (Å²) in [5, 5.41) is 11.4. The number of ketones is 1. The van der Waals surface area contributed by atoms with Crippen LogP contribution in [0.2, 0.25) is 0 Å². The minimum Gasteiger partial charge on any atom is -0.326 e. The van der Waals surface area contributed by atoms with Crippen LogP contribution in [-0.2, 0) is 24.2 Å². The zero-order chi connectivity index (χ0) is 19.8. The molecule has 1 amide bonds. The molecule has 28 heavy (non-hydrogen) atoms. The largest absolute Gasteiger partial charge is 0.326 e. The van der Waals surface area contributed by atoms with Gasteiger partial charge in [-0.2, -0.15) is 0 Å². The molecule has 0 fully saturated rings. The maximum atomic E-state index is 13.0. The molecule has 3 aromatic rings. The van der Waals surface area contributed by atoms with Crippen molar-refractivity contribution in [3.8, 4) is 0 Å². The second-order valence-electron chi connectivity index (χ2n) is 7.27. The number of benzene rings is 1. The summed E-state index contributed by atoms with van der Waals surface area (Å²) in [5.74, 6) is 0.198. The van der Waals surface area contributed by atoms with Crippen LogP contribution in [0.1, 0.15) is 41.1 Å². The molecule has 0 saturated heterocycles. The number of fused-ring (bicyclic) bond motifs is 3. The Morgan fingerprint density at radius 2 is 2.04 bits per heavy atom. The number of nitrogens with one attached hydrogen (secondary N) is 1. The molecule has 2 heterocycles. The minimum atomic E-state index is -0.250. The van der Waals surface area contributed by atoms with Gasteiger partial charge in [-0.05, 0) is 55.0 Å². The van der Waals surface area contributed by atoms with Crippen molar-refractivity contribution < 1.29 is 9.59 Å². The van der Waals surface area contributed by atoms with Crippen LogP contribution in [0.15, 0.2) is 29.1 Å². The lowest BCUT2D eigenvalue weighted by atomic mass is 9.89. The van der Waals surface area contributed by atoms with Crippen molar-refractivity contribution >= 4 is 38.9 Å². The summed E-state index contributed by atoms with van der Waals surface area (Å²) in [6.07, 6.45) is 2.89. The van der Waals surface area contributed by atoms with Crippen molar-refractivity contribution in [2.24, 2.45) is 5.92 Å². The van der Waals surface area contributed by atoms with Crippen molar-refractivity contribution in [3.63, 3.8) is 0 Å². The Morgan fingerprint density at radius 3 is 2.75 bits per heavy atom. The standard InChI is InChI=1S/C20H20N4O3S/c1-11-3-8-15-17(9-11)28-19-18(15)20(27)24(23-22-19)10-16(26)13-4-6-14(7-5-13)21-12(2)25/h4-7,11H,3,8-10H2,1-2H3,(H,21,25)/t11-/m1/s1. The molecule has 1 atom stereocenters.